The van der Waals surface area contributed by atoms with Crippen LogP contribution in [0.4, 0.5) is 5.69 Å². The SMILES string of the molecule is CCC(C)c1ccc(-n2c(SCC(=O)Nc3cccnc3Cl)nc3ccccc3c2=O)cc1. The second-order valence-corrected chi connectivity index (χ2v) is 8.93. The van der Waals surface area contributed by atoms with Gasteiger partial charge in [0.15, 0.2) is 10.3 Å². The summed E-state index contributed by atoms with van der Waals surface area (Å²) in [6.07, 6.45) is 2.59. The molecule has 4 rings (SSSR count). The molecule has 0 spiro atoms. The van der Waals surface area contributed by atoms with Crippen molar-refractivity contribution >= 4 is 45.9 Å². The molecule has 0 aliphatic carbocycles. The topological polar surface area (TPSA) is 76.9 Å². The molecule has 0 fully saturated rings. The third-order valence-electron chi connectivity index (χ3n) is 5.44. The molecule has 0 saturated carbocycles. The van der Waals surface area contributed by atoms with Gasteiger partial charge in [-0.05, 0) is 54.3 Å². The zero-order valence-electron chi connectivity index (χ0n) is 18.3. The number of amides is 1. The average molecular weight is 479 g/mol. The van der Waals surface area contributed by atoms with Crippen molar-refractivity contribution in [3.63, 3.8) is 0 Å². The molecule has 1 amide bonds. The van der Waals surface area contributed by atoms with E-state index in [4.69, 9.17) is 16.6 Å². The first kappa shape index (κ1) is 23.0. The molecule has 1 unspecified atom stereocenters. The van der Waals surface area contributed by atoms with Crippen LogP contribution in [0, 0.1) is 0 Å². The van der Waals surface area contributed by atoms with E-state index >= 15 is 0 Å². The quantitative estimate of drug-likeness (QED) is 0.210. The molecule has 2 heterocycles. The number of para-hydroxylation sites is 1. The number of carbonyl (C=O) groups is 1. The van der Waals surface area contributed by atoms with Crippen LogP contribution in [0.5, 0.6) is 0 Å². The van der Waals surface area contributed by atoms with E-state index in [0.717, 1.165) is 6.42 Å². The number of benzene rings is 2. The van der Waals surface area contributed by atoms with Gasteiger partial charge in [0.05, 0.1) is 28.0 Å². The van der Waals surface area contributed by atoms with Gasteiger partial charge in [0.1, 0.15) is 0 Å². The Hall–Kier alpha value is -3.16. The van der Waals surface area contributed by atoms with Gasteiger partial charge >= 0.3 is 0 Å². The number of rotatable bonds is 7. The summed E-state index contributed by atoms with van der Waals surface area (Å²) in [6.45, 7) is 4.32. The lowest BCUT2D eigenvalue weighted by Crippen LogP contribution is -2.23. The summed E-state index contributed by atoms with van der Waals surface area (Å²) < 4.78 is 1.57. The smallest absolute Gasteiger partial charge is 0.266 e. The van der Waals surface area contributed by atoms with Crippen LogP contribution in [0.3, 0.4) is 0 Å². The summed E-state index contributed by atoms with van der Waals surface area (Å²) >= 11 is 7.23. The number of nitrogens with zero attached hydrogens (tertiary/aromatic N) is 3. The summed E-state index contributed by atoms with van der Waals surface area (Å²) in [7, 11) is 0. The zero-order valence-corrected chi connectivity index (χ0v) is 19.9. The van der Waals surface area contributed by atoms with Crippen molar-refractivity contribution in [2.75, 3.05) is 11.1 Å². The fourth-order valence-electron chi connectivity index (χ4n) is 3.42. The van der Waals surface area contributed by atoms with Crippen molar-refractivity contribution in [1.82, 2.24) is 14.5 Å². The third kappa shape index (κ3) is 5.10. The van der Waals surface area contributed by atoms with E-state index in [-0.39, 0.29) is 22.4 Å². The van der Waals surface area contributed by atoms with E-state index in [2.05, 4.69) is 24.1 Å². The number of anilines is 1. The van der Waals surface area contributed by atoms with Crippen molar-refractivity contribution in [2.45, 2.75) is 31.3 Å². The summed E-state index contributed by atoms with van der Waals surface area (Å²) in [5.74, 6) is 0.222. The fraction of sp³-hybridized carbons (Fsp3) is 0.200. The lowest BCUT2D eigenvalue weighted by molar-refractivity contribution is -0.113. The predicted molar refractivity (Wildman–Crippen MR) is 135 cm³/mol. The number of aromatic nitrogens is 3. The fourth-order valence-corrected chi connectivity index (χ4v) is 4.40. The Bertz CT molecular complexity index is 1350. The van der Waals surface area contributed by atoms with Crippen molar-refractivity contribution in [3.8, 4) is 5.69 Å². The number of nitrogens with one attached hydrogen (secondary N) is 1. The van der Waals surface area contributed by atoms with Crippen LogP contribution in [0.2, 0.25) is 5.15 Å². The van der Waals surface area contributed by atoms with Gasteiger partial charge in [-0.15, -0.1) is 0 Å². The van der Waals surface area contributed by atoms with Gasteiger partial charge in [0.2, 0.25) is 5.91 Å². The van der Waals surface area contributed by atoms with Gasteiger partial charge in [-0.3, -0.25) is 14.2 Å². The largest absolute Gasteiger partial charge is 0.323 e. The number of pyridine rings is 1. The molecule has 0 aliphatic heterocycles. The minimum atomic E-state index is -0.268. The molecule has 0 saturated heterocycles. The Kier molecular flexibility index (Phi) is 7.11. The minimum absolute atomic E-state index is 0.0565. The normalized spacial score (nSPS) is 12.0. The highest BCUT2D eigenvalue weighted by atomic mass is 35.5. The Labute approximate surface area is 201 Å². The first-order valence-corrected chi connectivity index (χ1v) is 12.0. The van der Waals surface area contributed by atoms with Crippen LogP contribution in [0.1, 0.15) is 31.7 Å². The summed E-state index contributed by atoms with van der Waals surface area (Å²) in [6, 6.07) is 18.5. The Balaban J connectivity index is 1.67. The lowest BCUT2D eigenvalue weighted by Gasteiger charge is -2.15. The van der Waals surface area contributed by atoms with Crippen molar-refractivity contribution in [2.24, 2.45) is 0 Å². The maximum atomic E-state index is 13.4. The highest BCUT2D eigenvalue weighted by Crippen LogP contribution is 2.25. The van der Waals surface area contributed by atoms with Gasteiger partial charge in [-0.1, -0.05) is 61.5 Å². The third-order valence-corrected chi connectivity index (χ3v) is 6.68. The van der Waals surface area contributed by atoms with E-state index in [0.29, 0.717) is 33.4 Å². The highest BCUT2D eigenvalue weighted by molar-refractivity contribution is 7.99. The first-order chi connectivity index (χ1) is 16.0. The molecular formula is C25H23ClN4O2S. The molecule has 168 valence electrons. The van der Waals surface area contributed by atoms with Crippen LogP contribution in [-0.2, 0) is 4.79 Å². The highest BCUT2D eigenvalue weighted by Gasteiger charge is 2.16. The zero-order chi connectivity index (χ0) is 23.4. The molecule has 2 aromatic carbocycles. The summed E-state index contributed by atoms with van der Waals surface area (Å²) in [5.41, 5.74) is 2.78. The van der Waals surface area contributed by atoms with Crippen LogP contribution in [0.15, 0.2) is 76.8 Å². The van der Waals surface area contributed by atoms with E-state index in [1.165, 1.54) is 17.3 Å². The van der Waals surface area contributed by atoms with E-state index in [9.17, 15) is 9.59 Å². The summed E-state index contributed by atoms with van der Waals surface area (Å²) in [5, 5.41) is 3.94. The Morgan fingerprint density at radius 3 is 2.61 bits per heavy atom. The standard InChI is InChI=1S/C25H23ClN4O2S/c1-3-16(2)17-10-12-18(13-11-17)30-24(32)19-7-4-5-8-20(19)29-25(30)33-15-22(31)28-21-9-6-14-27-23(21)26/h4-14,16H,3,15H2,1-2H3,(H,28,31). The molecule has 6 nitrogen and oxygen atoms in total. The predicted octanol–water partition coefficient (Wildman–Crippen LogP) is 5.68. The van der Waals surface area contributed by atoms with E-state index < -0.39 is 0 Å². The monoisotopic (exact) mass is 478 g/mol. The maximum absolute atomic E-state index is 13.4. The Morgan fingerprint density at radius 2 is 1.88 bits per heavy atom. The van der Waals surface area contributed by atoms with Crippen molar-refractivity contribution < 1.29 is 4.79 Å². The molecule has 0 aliphatic rings. The minimum Gasteiger partial charge on any atom is -0.323 e. The molecule has 0 radical (unpaired) electrons. The number of fused-ring (bicyclic) bond motifs is 1. The van der Waals surface area contributed by atoms with Gasteiger partial charge in [0, 0.05) is 6.20 Å². The van der Waals surface area contributed by atoms with Gasteiger partial charge in [0.25, 0.3) is 5.56 Å². The molecule has 4 aromatic rings. The number of hydrogen-bond donors (Lipinski definition) is 1. The molecule has 33 heavy (non-hydrogen) atoms. The van der Waals surface area contributed by atoms with E-state index in [1.54, 1.807) is 35.0 Å². The number of thioether (sulfide) groups is 1. The van der Waals surface area contributed by atoms with Crippen molar-refractivity contribution in [1.29, 1.82) is 0 Å². The molecular weight excluding hydrogens is 456 g/mol. The second-order valence-electron chi connectivity index (χ2n) is 7.63. The maximum Gasteiger partial charge on any atom is 0.266 e. The molecule has 8 heteroatoms. The molecule has 2 aromatic heterocycles. The summed E-state index contributed by atoms with van der Waals surface area (Å²) in [4.78, 5) is 34.6. The number of carbonyl (C=O) groups excluding carboxylic acids is 1. The molecule has 1 N–H and O–H groups in total. The van der Waals surface area contributed by atoms with E-state index in [1.807, 2.05) is 36.4 Å². The average Bonchev–Trinajstić information content (AvgIpc) is 2.84. The first-order valence-electron chi connectivity index (χ1n) is 10.6. The Morgan fingerprint density at radius 1 is 1.12 bits per heavy atom. The van der Waals surface area contributed by atoms with Crippen LogP contribution < -0.4 is 10.9 Å². The van der Waals surface area contributed by atoms with Crippen LogP contribution in [0.25, 0.3) is 16.6 Å². The molecule has 0 bridgehead atoms. The number of halogens is 1. The van der Waals surface area contributed by atoms with Crippen LogP contribution in [-0.4, -0.2) is 26.2 Å². The van der Waals surface area contributed by atoms with Crippen LogP contribution >= 0.6 is 23.4 Å². The lowest BCUT2D eigenvalue weighted by atomic mass is 9.98. The van der Waals surface area contributed by atoms with Gasteiger partial charge in [-0.25, -0.2) is 9.97 Å². The van der Waals surface area contributed by atoms with Crippen molar-refractivity contribution in [3.05, 3.63) is 87.9 Å². The van der Waals surface area contributed by atoms with Gasteiger partial charge < -0.3 is 5.32 Å². The van der Waals surface area contributed by atoms with Gasteiger partial charge in [-0.2, -0.15) is 0 Å². The molecule has 1 atom stereocenters. The second kappa shape index (κ2) is 10.2. The number of hydrogen-bond acceptors (Lipinski definition) is 5.